The number of methoxy groups -OCH3 is 2. The second kappa shape index (κ2) is 19.5. The molecule has 4 N–H and O–H groups in total. The number of hydrogen-bond acceptors (Lipinski definition) is 10. The lowest BCUT2D eigenvalue weighted by atomic mass is 9.52. The molecular weight excluding hydrogens is 913 g/mol. The van der Waals surface area contributed by atoms with E-state index in [1.165, 1.54) is 38.5 Å². The largest absolute Gasteiger partial charge is 0.504 e. The smallest absolute Gasteiger partial charge is 0.315 e. The van der Waals surface area contributed by atoms with E-state index < -0.39 is 71.2 Å². The van der Waals surface area contributed by atoms with Crippen molar-refractivity contribution in [2.24, 2.45) is 23.7 Å². The molecule has 0 aliphatic heterocycles. The Balaban J connectivity index is 0.924. The number of carbonyl (C=O) groups is 4. The van der Waals surface area contributed by atoms with Gasteiger partial charge >= 0.3 is 23.9 Å². The van der Waals surface area contributed by atoms with E-state index in [1.54, 1.807) is 36.4 Å². The summed E-state index contributed by atoms with van der Waals surface area (Å²) >= 11 is 0. The van der Waals surface area contributed by atoms with Crippen LogP contribution in [0.1, 0.15) is 45.9 Å². The van der Waals surface area contributed by atoms with Crippen LogP contribution >= 0.6 is 0 Å². The molecule has 12 heteroatoms. The zero-order chi connectivity index (χ0) is 50.2. The van der Waals surface area contributed by atoms with Crippen molar-refractivity contribution in [2.45, 2.75) is 23.7 Å². The second-order valence-electron chi connectivity index (χ2n) is 18.2. The lowest BCUT2D eigenvalue weighted by Gasteiger charge is -2.49. The number of esters is 2. The van der Waals surface area contributed by atoms with E-state index in [0.717, 1.165) is 33.2 Å². The van der Waals surface area contributed by atoms with Crippen LogP contribution in [0.4, 0.5) is 0 Å². The van der Waals surface area contributed by atoms with Crippen LogP contribution < -0.4 is 18.9 Å². The summed E-state index contributed by atoms with van der Waals surface area (Å²) in [6, 6.07) is 53.8. The van der Waals surface area contributed by atoms with Gasteiger partial charge < -0.3 is 39.4 Å². The van der Waals surface area contributed by atoms with E-state index in [2.05, 4.69) is 0 Å². The third-order valence-electron chi connectivity index (χ3n) is 14.4. The summed E-state index contributed by atoms with van der Waals surface area (Å²) in [7, 11) is 2.76. The van der Waals surface area contributed by atoms with Gasteiger partial charge in [0.05, 0.1) is 37.9 Å². The van der Waals surface area contributed by atoms with Crippen molar-refractivity contribution in [2.75, 3.05) is 14.2 Å². The van der Waals surface area contributed by atoms with Crippen LogP contribution in [-0.4, -0.2) is 58.5 Å². The summed E-state index contributed by atoms with van der Waals surface area (Å²) < 4.78 is 22.9. The molecule has 0 saturated heterocycles. The molecule has 2 aliphatic carbocycles. The van der Waals surface area contributed by atoms with Gasteiger partial charge in [0, 0.05) is 29.1 Å². The van der Waals surface area contributed by atoms with E-state index in [-0.39, 0.29) is 28.7 Å². The van der Waals surface area contributed by atoms with Gasteiger partial charge in [-0.2, -0.15) is 0 Å². The fraction of sp³-hybridized carbons (Fsp3) is 0.167. The molecule has 0 radical (unpaired) electrons. The topological polar surface area (TPSA) is 186 Å². The second-order valence-corrected chi connectivity index (χ2v) is 18.2. The standard InChI is InChI=1S/C60H48O12/c1-69-47-31-40(23-28-44(47)61)51-54(58(65)66)52(41-24-29-45(62)48(32-41)70-2)56(51)60(68)72-46-15-9-14-39-30-38(22-27-43(39)46)35-16-18-37(19-17-35)50-53(57(63)64)49(36-12-7-4-8-13-36)55(50)59(67)71-42-25-20-34(21-26-42)33-10-5-3-6-11-33/h3-32,49-56,61-62H,1-2H3,(H,63,64)(H,65,66)/t49-,50-,51-,52-,53+,54-,55+,56-/m0/s1. The third-order valence-corrected chi connectivity index (χ3v) is 14.4. The van der Waals surface area contributed by atoms with Gasteiger partial charge in [-0.3, -0.25) is 19.2 Å². The minimum absolute atomic E-state index is 0.119. The van der Waals surface area contributed by atoms with Crippen LogP contribution in [0, 0.1) is 23.7 Å². The Hall–Kier alpha value is -8.90. The summed E-state index contributed by atoms with van der Waals surface area (Å²) in [6.45, 7) is 0. The Morgan fingerprint density at radius 2 is 0.833 bits per heavy atom. The fourth-order valence-corrected chi connectivity index (χ4v) is 11.0. The van der Waals surface area contributed by atoms with E-state index in [4.69, 9.17) is 18.9 Å². The minimum Gasteiger partial charge on any atom is -0.504 e. The van der Waals surface area contributed by atoms with Crippen molar-refractivity contribution < 1.29 is 58.6 Å². The van der Waals surface area contributed by atoms with Crippen LogP contribution in [0.25, 0.3) is 33.0 Å². The van der Waals surface area contributed by atoms with Crippen LogP contribution in [-0.2, 0) is 19.2 Å². The normalized spacial score (nSPS) is 21.1. The van der Waals surface area contributed by atoms with Crippen molar-refractivity contribution in [1.82, 2.24) is 0 Å². The molecule has 2 saturated carbocycles. The summed E-state index contributed by atoms with van der Waals surface area (Å²) in [5, 5.41) is 43.4. The van der Waals surface area contributed by atoms with Crippen molar-refractivity contribution in [3.8, 4) is 56.8 Å². The Labute approximate surface area is 414 Å². The molecule has 72 heavy (non-hydrogen) atoms. The quantitative estimate of drug-likeness (QED) is 0.0598. The van der Waals surface area contributed by atoms with E-state index in [9.17, 15) is 39.6 Å². The highest BCUT2D eigenvalue weighted by molar-refractivity contribution is 5.95. The van der Waals surface area contributed by atoms with Gasteiger partial charge in [-0.25, -0.2) is 0 Å². The lowest BCUT2D eigenvalue weighted by molar-refractivity contribution is -0.160. The molecule has 0 heterocycles. The number of benzene rings is 8. The van der Waals surface area contributed by atoms with Crippen LogP contribution in [0.3, 0.4) is 0 Å². The molecule has 360 valence electrons. The molecule has 0 unspecified atom stereocenters. The number of hydrogen-bond donors (Lipinski definition) is 4. The number of fused-ring (bicyclic) bond motifs is 1. The van der Waals surface area contributed by atoms with E-state index in [1.807, 2.05) is 121 Å². The first-order valence-electron chi connectivity index (χ1n) is 23.4. The first-order chi connectivity index (χ1) is 34.9. The van der Waals surface area contributed by atoms with Crippen molar-refractivity contribution >= 4 is 34.6 Å². The summed E-state index contributed by atoms with van der Waals surface area (Å²) in [4.78, 5) is 54.9. The maximum atomic E-state index is 14.6. The third kappa shape index (κ3) is 8.61. The number of rotatable bonds is 14. The summed E-state index contributed by atoms with van der Waals surface area (Å²) in [5.41, 5.74) is 5.98. The molecule has 12 nitrogen and oxygen atoms in total. The predicted molar refractivity (Wildman–Crippen MR) is 268 cm³/mol. The van der Waals surface area contributed by atoms with Crippen LogP contribution in [0.5, 0.6) is 34.5 Å². The molecule has 10 rings (SSSR count). The van der Waals surface area contributed by atoms with Gasteiger partial charge in [0.1, 0.15) is 11.5 Å². The molecule has 6 atom stereocenters. The Morgan fingerprint density at radius 1 is 0.389 bits per heavy atom. The summed E-state index contributed by atoms with van der Waals surface area (Å²) in [6.07, 6.45) is 0. The van der Waals surface area contributed by atoms with E-state index in [0.29, 0.717) is 27.8 Å². The average Bonchev–Trinajstić information content (AvgIpc) is 3.37. The Kier molecular flexibility index (Phi) is 12.7. The maximum absolute atomic E-state index is 14.6. The van der Waals surface area contributed by atoms with Gasteiger partial charge in [0.25, 0.3) is 0 Å². The lowest BCUT2D eigenvalue weighted by Crippen LogP contribution is -2.52. The van der Waals surface area contributed by atoms with Gasteiger partial charge in [0.15, 0.2) is 23.0 Å². The summed E-state index contributed by atoms with van der Waals surface area (Å²) in [5.74, 6) is -9.65. The van der Waals surface area contributed by atoms with Gasteiger partial charge in [-0.1, -0.05) is 133 Å². The monoisotopic (exact) mass is 960 g/mol. The van der Waals surface area contributed by atoms with E-state index >= 15 is 0 Å². The van der Waals surface area contributed by atoms with Crippen LogP contribution in [0.15, 0.2) is 182 Å². The van der Waals surface area contributed by atoms with Crippen molar-refractivity contribution in [3.63, 3.8) is 0 Å². The number of phenols is 2. The first-order valence-corrected chi connectivity index (χ1v) is 23.4. The zero-order valence-corrected chi connectivity index (χ0v) is 39.0. The number of carboxylic acid groups (broad SMARTS) is 2. The highest BCUT2D eigenvalue weighted by atomic mass is 16.5. The number of carbonyl (C=O) groups excluding carboxylic acids is 2. The van der Waals surface area contributed by atoms with Crippen molar-refractivity contribution in [3.05, 3.63) is 204 Å². The molecule has 2 fully saturated rings. The van der Waals surface area contributed by atoms with Gasteiger partial charge in [0.2, 0.25) is 0 Å². The molecule has 0 aromatic heterocycles. The van der Waals surface area contributed by atoms with Gasteiger partial charge in [-0.15, -0.1) is 0 Å². The molecular formula is C60H48O12. The van der Waals surface area contributed by atoms with Gasteiger partial charge in [-0.05, 0) is 98.4 Å². The zero-order valence-electron chi connectivity index (χ0n) is 39.0. The first kappa shape index (κ1) is 46.8. The molecule has 8 aromatic rings. The molecule has 2 aliphatic rings. The maximum Gasteiger partial charge on any atom is 0.315 e. The number of aliphatic carboxylic acids is 2. The SMILES string of the molecule is COc1cc([C@H]2[C@H](C(=O)O)[C@H](c3ccc(O)c(OC)c3)[C@H]2C(=O)Oc2cccc3cc(-c4ccc([C@H]5[C@H](C(=O)O)[C@H](c6ccccc6)[C@H]5C(=O)Oc5ccc(-c6ccccc6)cc5)cc4)ccc23)ccc1O. The fourth-order valence-electron chi connectivity index (χ4n) is 11.0. The molecule has 0 spiro atoms. The number of aromatic hydroxyl groups is 2. The minimum atomic E-state index is -1.15. The molecule has 8 aromatic carbocycles. The molecule has 0 bridgehead atoms. The number of ether oxygens (including phenoxy) is 4. The predicted octanol–water partition coefficient (Wildman–Crippen LogP) is 11.2. The molecule has 0 amide bonds. The Bertz CT molecular complexity index is 3280. The highest BCUT2D eigenvalue weighted by Crippen LogP contribution is 2.60. The number of carboxylic acids is 2. The van der Waals surface area contributed by atoms with Crippen LogP contribution in [0.2, 0.25) is 0 Å². The number of phenolic OH excluding ortho intramolecular Hbond substituents is 2. The van der Waals surface area contributed by atoms with Crippen molar-refractivity contribution in [1.29, 1.82) is 0 Å². The average molecular weight is 961 g/mol. The Morgan fingerprint density at radius 3 is 1.38 bits per heavy atom. The highest BCUT2D eigenvalue weighted by Gasteiger charge is 2.60.